The molecule has 0 radical (unpaired) electrons. The topological polar surface area (TPSA) is 62.2 Å². The van der Waals surface area contributed by atoms with Gasteiger partial charge in [0.05, 0.1) is 22.6 Å². The lowest BCUT2D eigenvalue weighted by atomic mass is 9.94. The number of rotatable bonds is 4. The Bertz CT molecular complexity index is 1320. The number of benzene rings is 3. The number of imidazole rings is 1. The number of allylic oxidation sites excluding steroid dienone is 1. The predicted molar refractivity (Wildman–Crippen MR) is 130 cm³/mol. The summed E-state index contributed by atoms with van der Waals surface area (Å²) in [4.78, 5) is 20.4. The molecule has 1 aliphatic heterocycles. The van der Waals surface area contributed by atoms with E-state index in [-0.39, 0.29) is 11.9 Å². The van der Waals surface area contributed by atoms with Crippen molar-refractivity contribution in [1.82, 2.24) is 9.55 Å². The average Bonchev–Trinajstić information content (AvgIpc) is 3.16. The lowest BCUT2D eigenvalue weighted by Gasteiger charge is -2.31. The molecule has 2 heterocycles. The summed E-state index contributed by atoms with van der Waals surface area (Å²) in [7, 11) is 4.04. The third-order valence-electron chi connectivity index (χ3n) is 5.83. The first-order valence-electron chi connectivity index (χ1n) is 10.6. The first kappa shape index (κ1) is 19.9. The van der Waals surface area contributed by atoms with Crippen molar-refractivity contribution in [3.63, 3.8) is 0 Å². The van der Waals surface area contributed by atoms with Crippen LogP contribution in [-0.4, -0.2) is 29.6 Å². The molecule has 6 heteroatoms. The first-order chi connectivity index (χ1) is 15.5. The highest BCUT2D eigenvalue weighted by Gasteiger charge is 2.34. The molecule has 0 saturated heterocycles. The number of nitrogens with zero attached hydrogens (tertiary/aromatic N) is 3. The fourth-order valence-corrected chi connectivity index (χ4v) is 4.25. The zero-order valence-corrected chi connectivity index (χ0v) is 18.3. The Morgan fingerprint density at radius 3 is 2.38 bits per heavy atom. The summed E-state index contributed by atoms with van der Waals surface area (Å²) < 4.78 is 2.12. The van der Waals surface area contributed by atoms with E-state index in [0.29, 0.717) is 5.57 Å². The van der Waals surface area contributed by atoms with Gasteiger partial charge in [-0.2, -0.15) is 0 Å². The maximum absolute atomic E-state index is 13.6. The van der Waals surface area contributed by atoms with Gasteiger partial charge >= 0.3 is 0 Å². The van der Waals surface area contributed by atoms with E-state index >= 15 is 0 Å². The Labute approximate surface area is 187 Å². The second-order valence-corrected chi connectivity index (χ2v) is 8.17. The zero-order valence-electron chi connectivity index (χ0n) is 18.3. The molecule has 5 rings (SSSR count). The second kappa shape index (κ2) is 7.89. The molecule has 32 heavy (non-hydrogen) atoms. The fourth-order valence-electron chi connectivity index (χ4n) is 4.25. The Hall–Kier alpha value is -4.06. The molecule has 1 aromatic heterocycles. The van der Waals surface area contributed by atoms with Crippen molar-refractivity contribution in [3.05, 3.63) is 95.7 Å². The third kappa shape index (κ3) is 3.39. The van der Waals surface area contributed by atoms with Gasteiger partial charge in [0.1, 0.15) is 0 Å². The molecule has 4 aromatic rings. The summed E-state index contributed by atoms with van der Waals surface area (Å²) in [6, 6.07) is 25.6. The molecule has 0 spiro atoms. The summed E-state index contributed by atoms with van der Waals surface area (Å²) in [6.45, 7) is 1.93. The minimum Gasteiger partial charge on any atom is -0.378 e. The van der Waals surface area contributed by atoms with Crippen LogP contribution >= 0.6 is 0 Å². The monoisotopic (exact) mass is 423 g/mol. The number of nitrogens with one attached hydrogen (secondary N) is 2. The van der Waals surface area contributed by atoms with Crippen LogP contribution in [0.4, 0.5) is 17.3 Å². The number of hydrogen-bond acceptors (Lipinski definition) is 4. The molecule has 0 aliphatic carbocycles. The van der Waals surface area contributed by atoms with Gasteiger partial charge in [-0.05, 0) is 48.9 Å². The Kier molecular flexibility index (Phi) is 4.90. The van der Waals surface area contributed by atoms with Crippen LogP contribution in [0.2, 0.25) is 0 Å². The van der Waals surface area contributed by atoms with Crippen LogP contribution in [0.3, 0.4) is 0 Å². The lowest BCUT2D eigenvalue weighted by Crippen LogP contribution is -2.31. The van der Waals surface area contributed by atoms with Crippen molar-refractivity contribution in [2.45, 2.75) is 13.0 Å². The summed E-state index contributed by atoms with van der Waals surface area (Å²) in [5.74, 6) is 0.605. The molecule has 1 amide bonds. The average molecular weight is 424 g/mol. The number of para-hydroxylation sites is 3. The minimum atomic E-state index is -0.307. The van der Waals surface area contributed by atoms with Gasteiger partial charge in [0.2, 0.25) is 5.95 Å². The van der Waals surface area contributed by atoms with Gasteiger partial charge in [-0.25, -0.2) is 4.98 Å². The molecule has 1 aliphatic rings. The van der Waals surface area contributed by atoms with Gasteiger partial charge in [0, 0.05) is 31.2 Å². The largest absolute Gasteiger partial charge is 0.378 e. The molecule has 0 bridgehead atoms. The first-order valence-corrected chi connectivity index (χ1v) is 10.6. The van der Waals surface area contributed by atoms with E-state index in [4.69, 9.17) is 4.98 Å². The van der Waals surface area contributed by atoms with Gasteiger partial charge < -0.3 is 15.5 Å². The van der Waals surface area contributed by atoms with E-state index in [0.717, 1.165) is 39.6 Å². The van der Waals surface area contributed by atoms with Crippen molar-refractivity contribution in [1.29, 1.82) is 0 Å². The van der Waals surface area contributed by atoms with Crippen LogP contribution in [0.15, 0.2) is 90.1 Å². The number of hydrogen-bond donors (Lipinski definition) is 2. The molecule has 6 nitrogen and oxygen atoms in total. The fraction of sp³-hybridized carbons (Fsp3) is 0.154. The maximum atomic E-state index is 13.6. The second-order valence-electron chi connectivity index (χ2n) is 8.17. The van der Waals surface area contributed by atoms with Gasteiger partial charge in [-0.1, -0.05) is 42.5 Å². The van der Waals surface area contributed by atoms with Crippen molar-refractivity contribution < 1.29 is 4.79 Å². The van der Waals surface area contributed by atoms with Crippen molar-refractivity contribution in [3.8, 4) is 0 Å². The molecule has 3 aromatic carbocycles. The van der Waals surface area contributed by atoms with Crippen LogP contribution in [0, 0.1) is 0 Å². The molecule has 0 saturated carbocycles. The highest BCUT2D eigenvalue weighted by molar-refractivity contribution is 6.06. The van der Waals surface area contributed by atoms with Gasteiger partial charge in [0.25, 0.3) is 5.91 Å². The van der Waals surface area contributed by atoms with Gasteiger partial charge in [0.15, 0.2) is 0 Å². The molecular formula is C26H25N5O. The SMILES string of the molecule is CC1=C(C(=O)Nc2ccccc2)[C@@H](c2ccc(N(C)C)cc2)n2c(nc3ccccc32)N1. The highest BCUT2D eigenvalue weighted by Crippen LogP contribution is 2.39. The van der Waals surface area contributed by atoms with Crippen LogP contribution in [0.25, 0.3) is 11.0 Å². The number of amides is 1. The van der Waals surface area contributed by atoms with Crippen LogP contribution < -0.4 is 15.5 Å². The van der Waals surface area contributed by atoms with Crippen LogP contribution in [0.5, 0.6) is 0 Å². The van der Waals surface area contributed by atoms with Gasteiger partial charge in [-0.3, -0.25) is 9.36 Å². The van der Waals surface area contributed by atoms with E-state index in [9.17, 15) is 4.79 Å². The number of fused-ring (bicyclic) bond motifs is 3. The highest BCUT2D eigenvalue weighted by atomic mass is 16.1. The molecule has 0 unspecified atom stereocenters. The summed E-state index contributed by atoms with van der Waals surface area (Å²) in [6.07, 6.45) is 0. The smallest absolute Gasteiger partial charge is 0.255 e. The predicted octanol–water partition coefficient (Wildman–Crippen LogP) is 5.03. The van der Waals surface area contributed by atoms with Crippen LogP contribution in [-0.2, 0) is 4.79 Å². The molecule has 0 fully saturated rings. The van der Waals surface area contributed by atoms with Crippen molar-refractivity contribution >= 4 is 34.3 Å². The summed E-state index contributed by atoms with van der Waals surface area (Å²) in [5, 5.41) is 6.42. The lowest BCUT2D eigenvalue weighted by molar-refractivity contribution is -0.113. The van der Waals surface area contributed by atoms with Crippen molar-refractivity contribution in [2.75, 3.05) is 29.6 Å². The number of anilines is 3. The molecule has 2 N–H and O–H groups in total. The Balaban J connectivity index is 1.66. The molecular weight excluding hydrogens is 398 g/mol. The normalized spacial score (nSPS) is 15.3. The quantitative estimate of drug-likeness (QED) is 0.483. The van der Waals surface area contributed by atoms with E-state index in [2.05, 4.69) is 44.4 Å². The number of carbonyl (C=O) groups is 1. The standard InChI is InChI=1S/C26H25N5O/c1-17-23(25(32)28-19-9-5-4-6-10-19)24(18-13-15-20(16-14-18)30(2)3)31-22-12-8-7-11-21(22)29-26(31)27-17/h4-16,24H,1-3H3,(H,27,29)(H,28,32)/t24-/m1/s1. The van der Waals surface area contributed by atoms with Crippen molar-refractivity contribution in [2.24, 2.45) is 0 Å². The van der Waals surface area contributed by atoms with E-state index in [1.165, 1.54) is 0 Å². The maximum Gasteiger partial charge on any atom is 0.255 e. The summed E-state index contributed by atoms with van der Waals surface area (Å²) in [5.41, 5.74) is 6.23. The van der Waals surface area contributed by atoms with E-state index < -0.39 is 0 Å². The Morgan fingerprint density at radius 2 is 1.66 bits per heavy atom. The minimum absolute atomic E-state index is 0.133. The zero-order chi connectivity index (χ0) is 22.2. The van der Waals surface area contributed by atoms with E-state index in [1.807, 2.05) is 75.6 Å². The Morgan fingerprint density at radius 1 is 0.969 bits per heavy atom. The third-order valence-corrected chi connectivity index (χ3v) is 5.83. The van der Waals surface area contributed by atoms with Crippen LogP contribution in [0.1, 0.15) is 18.5 Å². The number of carbonyl (C=O) groups excluding carboxylic acids is 1. The van der Waals surface area contributed by atoms with Gasteiger partial charge in [-0.15, -0.1) is 0 Å². The molecule has 160 valence electrons. The number of aromatic nitrogens is 2. The summed E-state index contributed by atoms with van der Waals surface area (Å²) >= 11 is 0. The van der Waals surface area contributed by atoms with E-state index in [1.54, 1.807) is 0 Å². The molecule has 1 atom stereocenters.